The molecule has 0 aliphatic heterocycles. The Morgan fingerprint density at radius 1 is 1.06 bits per heavy atom. The van der Waals surface area contributed by atoms with Gasteiger partial charge in [-0.2, -0.15) is 13.2 Å². The van der Waals surface area contributed by atoms with Gasteiger partial charge in [0.15, 0.2) is 0 Å². The number of rotatable bonds is 3. The van der Waals surface area contributed by atoms with Crippen LogP contribution in [0.3, 0.4) is 0 Å². The van der Waals surface area contributed by atoms with Crippen LogP contribution in [0.15, 0.2) is 0 Å². The van der Waals surface area contributed by atoms with Crippen LogP contribution in [-0.2, 0) is 9.84 Å². The third-order valence-corrected chi connectivity index (χ3v) is 4.37. The van der Waals surface area contributed by atoms with E-state index in [0.29, 0.717) is 12.8 Å². The van der Waals surface area contributed by atoms with Crippen molar-refractivity contribution in [2.24, 2.45) is 0 Å². The lowest BCUT2D eigenvalue weighted by Crippen LogP contribution is -2.33. The molecule has 1 rings (SSSR count). The van der Waals surface area contributed by atoms with Crippen LogP contribution in [0, 0.1) is 0 Å². The van der Waals surface area contributed by atoms with Crippen molar-refractivity contribution in [3.05, 3.63) is 0 Å². The topological polar surface area (TPSA) is 34.1 Å². The van der Waals surface area contributed by atoms with E-state index in [0.717, 1.165) is 6.42 Å². The Morgan fingerprint density at radius 3 is 2.00 bits per heavy atom. The summed E-state index contributed by atoms with van der Waals surface area (Å²) in [6.07, 6.45) is 1.87. The molecule has 1 aliphatic carbocycles. The van der Waals surface area contributed by atoms with Crippen molar-refractivity contribution < 1.29 is 26.0 Å². The molecular weight excluding hydrogens is 248 g/mol. The van der Waals surface area contributed by atoms with Crippen LogP contribution in [0.4, 0.5) is 17.6 Å². The Morgan fingerprint density at radius 2 is 1.56 bits per heavy atom. The zero-order valence-electron chi connectivity index (χ0n) is 8.69. The minimum Gasteiger partial charge on any atom is -0.244 e. The quantitative estimate of drug-likeness (QED) is 0.733. The summed E-state index contributed by atoms with van der Waals surface area (Å²) in [6, 6.07) is 0. The molecule has 0 atom stereocenters. The third-order valence-electron chi connectivity index (χ3n) is 2.92. The van der Waals surface area contributed by atoms with Crippen LogP contribution in [0.1, 0.15) is 38.5 Å². The molecule has 0 N–H and O–H groups in total. The van der Waals surface area contributed by atoms with Crippen molar-refractivity contribution in [1.82, 2.24) is 0 Å². The Hall–Kier alpha value is -0.330. The van der Waals surface area contributed by atoms with Crippen molar-refractivity contribution in [2.75, 3.05) is 5.75 Å². The molecule has 0 amide bonds. The van der Waals surface area contributed by atoms with E-state index >= 15 is 0 Å². The molecule has 96 valence electrons. The Balaban J connectivity index is 2.57. The average molecular weight is 262 g/mol. The summed E-state index contributed by atoms with van der Waals surface area (Å²) in [5, 5.41) is 0. The van der Waals surface area contributed by atoms with E-state index < -0.39 is 33.2 Å². The molecule has 0 saturated heterocycles. The van der Waals surface area contributed by atoms with E-state index in [2.05, 4.69) is 0 Å². The zero-order valence-corrected chi connectivity index (χ0v) is 9.50. The van der Waals surface area contributed by atoms with Gasteiger partial charge < -0.3 is 0 Å². The molecule has 0 radical (unpaired) electrons. The van der Waals surface area contributed by atoms with E-state index in [-0.39, 0.29) is 12.8 Å². The summed E-state index contributed by atoms with van der Waals surface area (Å²) >= 11 is 0. The highest BCUT2D eigenvalue weighted by atomic mass is 32.2. The van der Waals surface area contributed by atoms with Crippen LogP contribution in [0.2, 0.25) is 0 Å². The normalized spacial score (nSPS) is 22.0. The number of sulfone groups is 1. The fourth-order valence-electron chi connectivity index (χ4n) is 1.87. The lowest BCUT2D eigenvalue weighted by Gasteiger charge is -2.29. The number of hydrogen-bond acceptors (Lipinski definition) is 2. The predicted octanol–water partition coefficient (Wildman–Crippen LogP) is 2.98. The van der Waals surface area contributed by atoms with Gasteiger partial charge in [0.25, 0.3) is 0 Å². The molecule has 0 aromatic rings. The molecule has 2 nitrogen and oxygen atoms in total. The van der Waals surface area contributed by atoms with Crippen LogP contribution in [0.5, 0.6) is 0 Å². The average Bonchev–Trinajstić information content (AvgIpc) is 2.15. The van der Waals surface area contributed by atoms with E-state index in [1.54, 1.807) is 0 Å². The third kappa shape index (κ3) is 3.33. The standard InChI is InChI=1S/C9H14F4O2S/c10-8(4-2-1-3-5-8)6-7-16(14,15)9(11,12)13/h1-7H2. The lowest BCUT2D eigenvalue weighted by molar-refractivity contribution is -0.0439. The largest absolute Gasteiger partial charge is 0.497 e. The summed E-state index contributed by atoms with van der Waals surface area (Å²) in [6.45, 7) is 0. The molecule has 7 heteroatoms. The number of alkyl halides is 4. The molecule has 0 aromatic carbocycles. The molecule has 0 heterocycles. The van der Waals surface area contributed by atoms with E-state index in [4.69, 9.17) is 0 Å². The Kier molecular flexibility index (Phi) is 3.87. The molecule has 0 aromatic heterocycles. The summed E-state index contributed by atoms with van der Waals surface area (Å²) in [5.41, 5.74) is -6.99. The molecule has 0 unspecified atom stereocenters. The van der Waals surface area contributed by atoms with Gasteiger partial charge in [0.1, 0.15) is 5.67 Å². The van der Waals surface area contributed by atoms with Crippen molar-refractivity contribution >= 4 is 9.84 Å². The smallest absolute Gasteiger partial charge is 0.244 e. The molecule has 0 spiro atoms. The predicted molar refractivity (Wildman–Crippen MR) is 51.4 cm³/mol. The van der Waals surface area contributed by atoms with E-state index in [9.17, 15) is 26.0 Å². The van der Waals surface area contributed by atoms with Crippen molar-refractivity contribution in [3.8, 4) is 0 Å². The van der Waals surface area contributed by atoms with Gasteiger partial charge in [-0.3, -0.25) is 0 Å². The number of halogens is 4. The highest BCUT2D eigenvalue weighted by Crippen LogP contribution is 2.36. The molecule has 0 bridgehead atoms. The van der Waals surface area contributed by atoms with Gasteiger partial charge in [0.2, 0.25) is 9.84 Å². The zero-order chi connectivity index (χ0) is 12.4. The minimum absolute atomic E-state index is 0.167. The first-order valence-corrected chi connectivity index (χ1v) is 6.79. The summed E-state index contributed by atoms with van der Waals surface area (Å²) in [5.74, 6) is -1.15. The SMILES string of the molecule is O=S(=O)(CCC1(F)CCCCC1)C(F)(F)F. The van der Waals surface area contributed by atoms with Gasteiger partial charge in [-0.15, -0.1) is 0 Å². The van der Waals surface area contributed by atoms with Crippen LogP contribution >= 0.6 is 0 Å². The highest BCUT2D eigenvalue weighted by Gasteiger charge is 2.46. The maximum atomic E-state index is 13.9. The second kappa shape index (κ2) is 4.50. The van der Waals surface area contributed by atoms with Crippen molar-refractivity contribution in [3.63, 3.8) is 0 Å². The fourth-order valence-corrected chi connectivity index (χ4v) is 2.73. The first-order valence-electron chi connectivity index (χ1n) is 5.14. The molecule has 16 heavy (non-hydrogen) atoms. The summed E-state index contributed by atoms with van der Waals surface area (Å²) < 4.78 is 71.4. The fraction of sp³-hybridized carbons (Fsp3) is 1.00. The van der Waals surface area contributed by atoms with Gasteiger partial charge in [-0.05, 0) is 19.3 Å². The minimum atomic E-state index is -5.27. The Labute approximate surface area is 91.9 Å². The van der Waals surface area contributed by atoms with Gasteiger partial charge >= 0.3 is 5.51 Å². The summed E-state index contributed by atoms with van der Waals surface area (Å²) in [4.78, 5) is 0. The molecule has 1 fully saturated rings. The van der Waals surface area contributed by atoms with Crippen molar-refractivity contribution in [1.29, 1.82) is 0 Å². The van der Waals surface area contributed by atoms with Gasteiger partial charge in [-0.1, -0.05) is 19.3 Å². The maximum Gasteiger partial charge on any atom is 0.497 e. The second-order valence-corrected chi connectivity index (χ2v) is 6.33. The maximum absolute atomic E-state index is 13.9. The molecule has 1 aliphatic rings. The summed E-state index contributed by atoms with van der Waals surface area (Å²) in [7, 11) is -5.18. The van der Waals surface area contributed by atoms with E-state index in [1.807, 2.05) is 0 Å². The van der Waals surface area contributed by atoms with E-state index in [1.165, 1.54) is 0 Å². The van der Waals surface area contributed by atoms with Gasteiger partial charge in [-0.25, -0.2) is 12.8 Å². The van der Waals surface area contributed by atoms with Gasteiger partial charge in [0.05, 0.1) is 5.75 Å². The van der Waals surface area contributed by atoms with Crippen LogP contribution < -0.4 is 0 Å². The highest BCUT2D eigenvalue weighted by molar-refractivity contribution is 7.92. The van der Waals surface area contributed by atoms with Crippen LogP contribution in [-0.4, -0.2) is 25.3 Å². The lowest BCUT2D eigenvalue weighted by atomic mass is 9.85. The first kappa shape index (κ1) is 13.7. The Bertz CT molecular complexity index is 328. The molecular formula is C9H14F4O2S. The molecule has 1 saturated carbocycles. The number of hydrogen-bond donors (Lipinski definition) is 0. The van der Waals surface area contributed by atoms with Gasteiger partial charge in [0, 0.05) is 0 Å². The van der Waals surface area contributed by atoms with Crippen LogP contribution in [0.25, 0.3) is 0 Å². The first-order chi connectivity index (χ1) is 7.16. The van der Waals surface area contributed by atoms with Crippen molar-refractivity contribution in [2.45, 2.75) is 49.7 Å². The monoisotopic (exact) mass is 262 g/mol. The second-order valence-electron chi connectivity index (χ2n) is 4.23.